The summed E-state index contributed by atoms with van der Waals surface area (Å²) in [4.78, 5) is 9.02. The molecule has 4 heteroatoms. The Hall–Kier alpha value is 0.0200. The normalized spacial score (nSPS) is 17.2. The molecule has 0 aromatic rings. The largest absolute Gasteiger partial charge is 0.527 e. The zero-order valence-electron chi connectivity index (χ0n) is 8.13. The van der Waals surface area contributed by atoms with E-state index in [1.807, 2.05) is 6.92 Å². The monoisotopic (exact) mass is 192 g/mol. The zero-order chi connectivity index (χ0) is 9.61. The van der Waals surface area contributed by atoms with Gasteiger partial charge in [-0.3, -0.25) is 5.32 Å². The van der Waals surface area contributed by atoms with Gasteiger partial charge in [-0.1, -0.05) is 20.3 Å². The highest BCUT2D eigenvalue weighted by atomic mass is 31.1. The summed E-state index contributed by atoms with van der Waals surface area (Å²) in [6.07, 6.45) is 2.84. The third kappa shape index (κ3) is 3.61. The Bertz CT molecular complexity index is 152. The van der Waals surface area contributed by atoms with Gasteiger partial charge in [0.1, 0.15) is 0 Å². The van der Waals surface area contributed by atoms with Gasteiger partial charge < -0.3 is 0 Å². The van der Waals surface area contributed by atoms with Gasteiger partial charge in [0, 0.05) is 13.3 Å². The molecule has 0 aliphatic carbocycles. The van der Waals surface area contributed by atoms with Crippen molar-refractivity contribution in [3.05, 3.63) is 0 Å². The summed E-state index contributed by atoms with van der Waals surface area (Å²) in [5, 5.41) is 2.52. The van der Waals surface area contributed by atoms with Gasteiger partial charge in [-0.05, 0) is 17.5 Å². The number of hydrogen-bond acceptors (Lipinski definition) is 2. The standard InChI is InChI=1S/C8H18NO2P/c1-4-6-7-9-8(3,5-2)12(10)11/h9H,4-7H2,1-3H3/p+1. The van der Waals surface area contributed by atoms with Crippen molar-refractivity contribution in [3.63, 3.8) is 0 Å². The summed E-state index contributed by atoms with van der Waals surface area (Å²) in [6, 6.07) is 0. The summed E-state index contributed by atoms with van der Waals surface area (Å²) in [5.41, 5.74) is 0. The van der Waals surface area contributed by atoms with E-state index in [0.29, 0.717) is 6.42 Å². The molecule has 2 unspecified atom stereocenters. The molecular formula is C8H19NO2P+. The lowest BCUT2D eigenvalue weighted by atomic mass is 10.2. The Morgan fingerprint density at radius 2 is 2.08 bits per heavy atom. The van der Waals surface area contributed by atoms with Crippen LogP contribution in [0.5, 0.6) is 0 Å². The summed E-state index contributed by atoms with van der Waals surface area (Å²) in [6.45, 7) is 6.64. The van der Waals surface area contributed by atoms with Crippen molar-refractivity contribution in [2.75, 3.05) is 6.54 Å². The first kappa shape index (κ1) is 12.0. The molecule has 0 bridgehead atoms. The van der Waals surface area contributed by atoms with Crippen molar-refractivity contribution in [2.45, 2.75) is 45.3 Å². The van der Waals surface area contributed by atoms with Crippen LogP contribution in [0, 0.1) is 0 Å². The van der Waals surface area contributed by atoms with Crippen LogP contribution in [0.2, 0.25) is 0 Å². The summed E-state index contributed by atoms with van der Waals surface area (Å²) < 4.78 is 10.9. The van der Waals surface area contributed by atoms with Gasteiger partial charge in [0.2, 0.25) is 5.28 Å². The maximum Gasteiger partial charge on any atom is 0.527 e. The van der Waals surface area contributed by atoms with Crippen LogP contribution in [-0.4, -0.2) is 16.7 Å². The number of hydrogen-bond donors (Lipinski definition) is 2. The van der Waals surface area contributed by atoms with Crippen LogP contribution in [0.4, 0.5) is 0 Å². The predicted molar refractivity (Wildman–Crippen MR) is 51.4 cm³/mol. The van der Waals surface area contributed by atoms with Gasteiger partial charge in [0.25, 0.3) is 0 Å². The second-order valence-electron chi connectivity index (χ2n) is 3.18. The fourth-order valence-corrected chi connectivity index (χ4v) is 1.38. The van der Waals surface area contributed by atoms with Crippen molar-refractivity contribution in [3.8, 4) is 0 Å². The first-order chi connectivity index (χ1) is 5.56. The van der Waals surface area contributed by atoms with E-state index in [9.17, 15) is 4.57 Å². The molecule has 0 aromatic carbocycles. The van der Waals surface area contributed by atoms with Gasteiger partial charge in [-0.25, -0.2) is 0 Å². The van der Waals surface area contributed by atoms with Crippen LogP contribution >= 0.6 is 8.03 Å². The highest BCUT2D eigenvalue weighted by molar-refractivity contribution is 7.39. The maximum absolute atomic E-state index is 10.9. The molecule has 0 saturated carbocycles. The van der Waals surface area contributed by atoms with E-state index >= 15 is 0 Å². The molecular weight excluding hydrogens is 173 g/mol. The Morgan fingerprint density at radius 3 is 2.42 bits per heavy atom. The van der Waals surface area contributed by atoms with Gasteiger partial charge in [0.15, 0.2) is 0 Å². The van der Waals surface area contributed by atoms with Crippen LogP contribution in [-0.2, 0) is 4.57 Å². The average molecular weight is 192 g/mol. The van der Waals surface area contributed by atoms with Crippen molar-refractivity contribution in [2.24, 2.45) is 0 Å². The second kappa shape index (κ2) is 5.63. The minimum absolute atomic E-state index is 0.593. The van der Waals surface area contributed by atoms with Gasteiger partial charge >= 0.3 is 8.03 Å². The van der Waals surface area contributed by atoms with E-state index in [1.165, 1.54) is 0 Å². The molecule has 0 saturated heterocycles. The quantitative estimate of drug-likeness (QED) is 0.501. The molecule has 0 fully saturated rings. The van der Waals surface area contributed by atoms with Crippen LogP contribution in [0.1, 0.15) is 40.0 Å². The zero-order valence-corrected chi connectivity index (χ0v) is 9.03. The van der Waals surface area contributed by atoms with E-state index < -0.39 is 13.3 Å². The first-order valence-corrected chi connectivity index (χ1v) is 5.69. The molecule has 0 aliphatic heterocycles. The van der Waals surface area contributed by atoms with E-state index in [1.54, 1.807) is 6.92 Å². The van der Waals surface area contributed by atoms with Crippen molar-refractivity contribution < 1.29 is 9.46 Å². The van der Waals surface area contributed by atoms with Crippen LogP contribution < -0.4 is 5.32 Å². The molecule has 0 aliphatic rings. The summed E-state index contributed by atoms with van der Waals surface area (Å²) in [5.74, 6) is 0. The Morgan fingerprint density at radius 1 is 1.50 bits per heavy atom. The van der Waals surface area contributed by atoms with Crippen molar-refractivity contribution in [1.82, 2.24) is 5.32 Å². The molecule has 12 heavy (non-hydrogen) atoms. The van der Waals surface area contributed by atoms with Crippen LogP contribution in [0.15, 0.2) is 0 Å². The van der Waals surface area contributed by atoms with Crippen LogP contribution in [0.25, 0.3) is 0 Å². The lowest BCUT2D eigenvalue weighted by Gasteiger charge is -2.15. The molecule has 0 heterocycles. The molecule has 0 rings (SSSR count). The molecule has 0 spiro atoms. The first-order valence-electron chi connectivity index (χ1n) is 4.48. The van der Waals surface area contributed by atoms with E-state index in [4.69, 9.17) is 4.89 Å². The molecule has 72 valence electrons. The fraction of sp³-hybridized carbons (Fsp3) is 1.00. The molecule has 0 aromatic heterocycles. The predicted octanol–water partition coefficient (Wildman–Crippen LogP) is 2.24. The highest BCUT2D eigenvalue weighted by Crippen LogP contribution is 2.34. The number of unbranched alkanes of at least 4 members (excludes halogenated alkanes) is 1. The lowest BCUT2D eigenvalue weighted by Crippen LogP contribution is -2.38. The van der Waals surface area contributed by atoms with E-state index in [2.05, 4.69) is 12.2 Å². The minimum Gasteiger partial charge on any atom is -0.269 e. The Kier molecular flexibility index (Phi) is 5.64. The lowest BCUT2D eigenvalue weighted by molar-refractivity contribution is 0.396. The summed E-state index contributed by atoms with van der Waals surface area (Å²) in [7, 11) is -2.12. The van der Waals surface area contributed by atoms with Gasteiger partial charge in [0.05, 0.1) is 0 Å². The molecule has 2 atom stereocenters. The van der Waals surface area contributed by atoms with Gasteiger partial charge in [-0.2, -0.15) is 4.89 Å². The SMILES string of the molecule is CCCCNC(C)(CC)[P+](=O)O. The smallest absolute Gasteiger partial charge is 0.269 e. The number of rotatable bonds is 6. The minimum atomic E-state index is -2.12. The summed E-state index contributed by atoms with van der Waals surface area (Å²) >= 11 is 0. The number of nitrogens with one attached hydrogen (secondary N) is 1. The Labute approximate surface area is 75.4 Å². The molecule has 0 radical (unpaired) electrons. The second-order valence-corrected chi connectivity index (χ2v) is 4.71. The van der Waals surface area contributed by atoms with E-state index in [0.717, 1.165) is 19.4 Å². The average Bonchev–Trinajstić information content (AvgIpc) is 2.04. The van der Waals surface area contributed by atoms with Crippen molar-refractivity contribution in [1.29, 1.82) is 0 Å². The maximum atomic E-state index is 10.9. The van der Waals surface area contributed by atoms with Crippen molar-refractivity contribution >= 4 is 8.03 Å². The fourth-order valence-electron chi connectivity index (χ4n) is 0.862. The highest BCUT2D eigenvalue weighted by Gasteiger charge is 2.41. The third-order valence-corrected chi connectivity index (χ3v) is 3.47. The molecule has 0 amide bonds. The molecule has 2 N–H and O–H groups in total. The van der Waals surface area contributed by atoms with E-state index in [-0.39, 0.29) is 0 Å². The topological polar surface area (TPSA) is 49.3 Å². The molecule has 3 nitrogen and oxygen atoms in total. The Balaban J connectivity index is 3.88. The third-order valence-electron chi connectivity index (χ3n) is 2.15. The van der Waals surface area contributed by atoms with Crippen LogP contribution in [0.3, 0.4) is 0 Å². The van der Waals surface area contributed by atoms with Gasteiger partial charge in [-0.15, -0.1) is 0 Å².